The van der Waals surface area contributed by atoms with E-state index in [4.69, 9.17) is 0 Å². The minimum absolute atomic E-state index is 0.0580. The summed E-state index contributed by atoms with van der Waals surface area (Å²) in [5, 5.41) is 12.9. The van der Waals surface area contributed by atoms with Crippen LogP contribution in [0.3, 0.4) is 0 Å². The van der Waals surface area contributed by atoms with E-state index in [9.17, 15) is 28.3 Å². The number of nitrogens with zero attached hydrogens (tertiary/aromatic N) is 2. The molecule has 31 heavy (non-hydrogen) atoms. The zero-order chi connectivity index (χ0) is 22.2. The lowest BCUT2D eigenvalue weighted by atomic mass is 9.99. The molecule has 7 nitrogen and oxygen atoms in total. The number of nitrogens with one attached hydrogen (secondary N) is 1. The summed E-state index contributed by atoms with van der Waals surface area (Å²) < 4.78 is 29.7. The van der Waals surface area contributed by atoms with Gasteiger partial charge < -0.3 is 19.9 Å². The van der Waals surface area contributed by atoms with Crippen LogP contribution in [0.2, 0.25) is 0 Å². The highest BCUT2D eigenvalue weighted by atomic mass is 19.1. The molecule has 0 unspecified atom stereocenters. The third kappa shape index (κ3) is 2.86. The number of aromatic hydroxyl groups is 1. The van der Waals surface area contributed by atoms with Gasteiger partial charge in [-0.25, -0.2) is 8.78 Å². The Morgan fingerprint density at radius 1 is 1.23 bits per heavy atom. The molecule has 2 aromatic rings. The van der Waals surface area contributed by atoms with Crippen molar-refractivity contribution >= 4 is 11.8 Å². The fraction of sp³-hybridized carbons (Fsp3) is 0.409. The van der Waals surface area contributed by atoms with Crippen molar-refractivity contribution in [2.45, 2.75) is 38.4 Å². The van der Waals surface area contributed by atoms with Gasteiger partial charge in [0.1, 0.15) is 17.2 Å². The zero-order valence-electron chi connectivity index (χ0n) is 17.0. The Morgan fingerprint density at radius 3 is 2.58 bits per heavy atom. The van der Waals surface area contributed by atoms with E-state index in [1.54, 1.807) is 23.4 Å². The smallest absolute Gasteiger partial charge is 0.274 e. The molecule has 5 rings (SSSR count). The minimum atomic E-state index is -0.987. The van der Waals surface area contributed by atoms with Crippen LogP contribution in [0.1, 0.15) is 50.9 Å². The van der Waals surface area contributed by atoms with Gasteiger partial charge >= 0.3 is 0 Å². The predicted octanol–water partition coefficient (Wildman–Crippen LogP) is 2.11. The van der Waals surface area contributed by atoms with Gasteiger partial charge in [0.05, 0.1) is 12.1 Å². The van der Waals surface area contributed by atoms with E-state index in [1.165, 1.54) is 6.20 Å². The molecule has 162 valence electrons. The van der Waals surface area contributed by atoms with Crippen LogP contribution < -0.4 is 10.7 Å². The Morgan fingerprint density at radius 2 is 1.90 bits per heavy atom. The number of likely N-dealkylation sites (N-methyl/N-ethyl adjacent to an activating group) is 1. The molecule has 4 atom stereocenters. The van der Waals surface area contributed by atoms with Crippen LogP contribution in [0.4, 0.5) is 8.78 Å². The fourth-order valence-electron chi connectivity index (χ4n) is 5.18. The van der Waals surface area contributed by atoms with E-state index in [0.29, 0.717) is 17.4 Å². The number of carbonyl (C=O) groups is 2. The number of halogens is 2. The number of amides is 2. The minimum Gasteiger partial charge on any atom is -0.503 e. The molecule has 1 aliphatic heterocycles. The van der Waals surface area contributed by atoms with Gasteiger partial charge in [-0.1, -0.05) is 0 Å². The number of pyridine rings is 1. The summed E-state index contributed by atoms with van der Waals surface area (Å²) in [5.41, 5.74) is -1.39. The van der Waals surface area contributed by atoms with E-state index >= 15 is 0 Å². The van der Waals surface area contributed by atoms with Crippen molar-refractivity contribution < 1.29 is 23.5 Å². The lowest BCUT2D eigenvalue weighted by Crippen LogP contribution is -2.49. The lowest BCUT2D eigenvalue weighted by Gasteiger charge is -2.39. The molecule has 2 aliphatic carbocycles. The number of fused-ring (bicyclic) bond motifs is 5. The van der Waals surface area contributed by atoms with Gasteiger partial charge in [0.2, 0.25) is 5.43 Å². The Hall–Kier alpha value is -3.23. The first-order valence-electron chi connectivity index (χ1n) is 10.2. The molecular weight excluding hydrogens is 408 g/mol. The topological polar surface area (TPSA) is 91.6 Å². The largest absolute Gasteiger partial charge is 0.503 e. The first-order valence-corrected chi connectivity index (χ1v) is 10.2. The van der Waals surface area contributed by atoms with Gasteiger partial charge in [0.25, 0.3) is 11.8 Å². The van der Waals surface area contributed by atoms with Crippen LogP contribution in [-0.4, -0.2) is 39.5 Å². The number of rotatable bonds is 3. The number of hydrogen-bond acceptors (Lipinski definition) is 4. The zero-order valence-corrected chi connectivity index (χ0v) is 17.0. The summed E-state index contributed by atoms with van der Waals surface area (Å²) in [5.74, 6) is -2.90. The van der Waals surface area contributed by atoms with Gasteiger partial charge in [-0.05, 0) is 49.3 Å². The first-order chi connectivity index (χ1) is 14.7. The highest BCUT2D eigenvalue weighted by molar-refractivity contribution is 5.99. The molecule has 2 saturated carbocycles. The van der Waals surface area contributed by atoms with Gasteiger partial charge in [-0.2, -0.15) is 0 Å². The third-order valence-electron chi connectivity index (χ3n) is 6.86. The highest BCUT2D eigenvalue weighted by Crippen LogP contribution is 2.60. The Kier molecular flexibility index (Phi) is 4.22. The summed E-state index contributed by atoms with van der Waals surface area (Å²) in [4.78, 5) is 39.7. The molecule has 0 spiro atoms. The number of benzene rings is 1. The number of carbonyl (C=O) groups excluding carboxylic acids is 2. The summed E-state index contributed by atoms with van der Waals surface area (Å²) in [6, 6.07) is 2.13. The average Bonchev–Trinajstić information content (AvgIpc) is 3.37. The maximum atomic E-state index is 14.1. The highest BCUT2D eigenvalue weighted by Gasteiger charge is 2.58. The van der Waals surface area contributed by atoms with Crippen molar-refractivity contribution in [1.29, 1.82) is 0 Å². The summed E-state index contributed by atoms with van der Waals surface area (Å²) in [6.45, 7) is 1.09. The van der Waals surface area contributed by atoms with Crippen LogP contribution >= 0.6 is 0 Å². The maximum absolute atomic E-state index is 14.1. The molecule has 0 radical (unpaired) electrons. The molecular formula is C22H21F2N3O4. The molecule has 0 saturated heterocycles. The molecule has 3 aliphatic rings. The van der Waals surface area contributed by atoms with Crippen molar-refractivity contribution in [2.75, 3.05) is 7.05 Å². The third-order valence-corrected chi connectivity index (χ3v) is 6.86. The summed E-state index contributed by atoms with van der Waals surface area (Å²) >= 11 is 0. The van der Waals surface area contributed by atoms with Crippen LogP contribution in [0, 0.1) is 30.4 Å². The molecule has 0 bridgehead atoms. The molecule has 1 aromatic carbocycles. The quantitative estimate of drug-likeness (QED) is 0.782. The van der Waals surface area contributed by atoms with Crippen LogP contribution in [0.5, 0.6) is 5.75 Å². The molecule has 1 aromatic heterocycles. The SMILES string of the molecule is Cc1cc(F)c(CNC(=O)c2cn3c(c(O)c2=O)C(=O)N(C)[C@@H]2C[C@H]4C[C@H]4[C@@H]23)c(F)c1. The predicted molar refractivity (Wildman–Crippen MR) is 106 cm³/mol. The standard InChI is InChI=1S/C22H21F2N3O4/c1-9-3-14(23)12(15(24)4-9)7-25-21(30)13-8-27-17-11-5-10(11)6-16(17)26(2)22(31)18(27)20(29)19(13)28/h3-4,8,10-11,16-17,29H,5-7H2,1-2H3,(H,25,30)/t10-,11-,16-,17+/m1/s1. The van der Waals surface area contributed by atoms with E-state index in [0.717, 1.165) is 25.0 Å². The Labute approximate surface area is 176 Å². The van der Waals surface area contributed by atoms with Crippen LogP contribution in [0.25, 0.3) is 0 Å². The molecule has 2 fully saturated rings. The second-order valence-corrected chi connectivity index (χ2v) is 8.74. The van der Waals surface area contributed by atoms with Gasteiger partial charge in [-0.15, -0.1) is 0 Å². The fourth-order valence-corrected chi connectivity index (χ4v) is 5.18. The van der Waals surface area contributed by atoms with E-state index < -0.39 is 41.2 Å². The number of hydrogen-bond donors (Lipinski definition) is 2. The summed E-state index contributed by atoms with van der Waals surface area (Å²) in [7, 11) is 1.66. The maximum Gasteiger partial charge on any atom is 0.274 e. The van der Waals surface area contributed by atoms with E-state index in [1.807, 2.05) is 0 Å². The number of aromatic nitrogens is 1. The van der Waals surface area contributed by atoms with Gasteiger partial charge in [-0.3, -0.25) is 14.4 Å². The Bertz CT molecular complexity index is 1180. The molecule has 2 N–H and O–H groups in total. The average molecular weight is 429 g/mol. The lowest BCUT2D eigenvalue weighted by molar-refractivity contribution is 0.0589. The van der Waals surface area contributed by atoms with Gasteiger partial charge in [0, 0.05) is 25.4 Å². The van der Waals surface area contributed by atoms with Crippen LogP contribution in [-0.2, 0) is 6.54 Å². The summed E-state index contributed by atoms with van der Waals surface area (Å²) in [6.07, 6.45) is 3.15. The van der Waals surface area contributed by atoms with E-state index in [2.05, 4.69) is 5.32 Å². The van der Waals surface area contributed by atoms with Crippen molar-refractivity contribution in [1.82, 2.24) is 14.8 Å². The molecule has 2 heterocycles. The second-order valence-electron chi connectivity index (χ2n) is 8.74. The van der Waals surface area contributed by atoms with Crippen molar-refractivity contribution in [3.05, 3.63) is 62.6 Å². The normalized spacial score (nSPS) is 25.7. The Balaban J connectivity index is 1.50. The first kappa shape index (κ1) is 19.7. The van der Waals surface area contributed by atoms with Gasteiger partial charge in [0.15, 0.2) is 11.4 Å². The monoisotopic (exact) mass is 429 g/mol. The second kappa shape index (κ2) is 6.63. The molecule has 2 amide bonds. The number of aryl methyl sites for hydroxylation is 1. The van der Waals surface area contributed by atoms with Crippen molar-refractivity contribution in [2.24, 2.45) is 11.8 Å². The van der Waals surface area contributed by atoms with Crippen LogP contribution in [0.15, 0.2) is 23.1 Å². The van der Waals surface area contributed by atoms with Crippen molar-refractivity contribution in [3.8, 4) is 5.75 Å². The molecule has 9 heteroatoms. The van der Waals surface area contributed by atoms with E-state index in [-0.39, 0.29) is 28.9 Å². The van der Waals surface area contributed by atoms with Crippen molar-refractivity contribution in [3.63, 3.8) is 0 Å².